The number of anilines is 1. The zero-order valence-electron chi connectivity index (χ0n) is 11.2. The molecule has 0 saturated carbocycles. The van der Waals surface area contributed by atoms with Crippen LogP contribution < -0.4 is 20.1 Å². The number of hydrogen-bond donors (Lipinski definition) is 2. The Morgan fingerprint density at radius 3 is 2.60 bits per heavy atom. The standard InChI is InChI=1S/C14H17BrN2O3/c1-8(9-6-16-7-9)14(18)17-11-5-13-12(4-10(11)15)19-2-3-20-13/h4-5,8-9,16H,2-3,6-7H2,1H3,(H,17,18). The molecule has 1 aromatic carbocycles. The number of ether oxygens (including phenoxy) is 2. The Hall–Kier alpha value is -1.27. The number of nitrogens with one attached hydrogen (secondary N) is 2. The lowest BCUT2D eigenvalue weighted by atomic mass is 9.88. The Labute approximate surface area is 126 Å². The lowest BCUT2D eigenvalue weighted by molar-refractivity contribution is -0.121. The second kappa shape index (κ2) is 5.61. The summed E-state index contributed by atoms with van der Waals surface area (Å²) in [6.07, 6.45) is 0. The zero-order chi connectivity index (χ0) is 14.1. The maximum Gasteiger partial charge on any atom is 0.227 e. The Morgan fingerprint density at radius 1 is 1.35 bits per heavy atom. The Kier molecular flexibility index (Phi) is 3.85. The average Bonchev–Trinajstić information content (AvgIpc) is 2.37. The van der Waals surface area contributed by atoms with Crippen LogP contribution in [0.5, 0.6) is 11.5 Å². The van der Waals surface area contributed by atoms with Crippen LogP contribution in [0.1, 0.15) is 6.92 Å². The first-order chi connectivity index (χ1) is 9.65. The Morgan fingerprint density at radius 2 is 2.00 bits per heavy atom. The van der Waals surface area contributed by atoms with E-state index >= 15 is 0 Å². The normalized spacial score (nSPS) is 19.1. The van der Waals surface area contributed by atoms with Crippen LogP contribution in [0.2, 0.25) is 0 Å². The van der Waals surface area contributed by atoms with E-state index in [4.69, 9.17) is 9.47 Å². The van der Waals surface area contributed by atoms with Gasteiger partial charge >= 0.3 is 0 Å². The summed E-state index contributed by atoms with van der Waals surface area (Å²) in [5.74, 6) is 1.83. The van der Waals surface area contributed by atoms with Crippen LogP contribution in [-0.2, 0) is 4.79 Å². The maximum atomic E-state index is 12.2. The number of carbonyl (C=O) groups is 1. The molecule has 2 N–H and O–H groups in total. The predicted molar refractivity (Wildman–Crippen MR) is 79.3 cm³/mol. The molecule has 6 heteroatoms. The summed E-state index contributed by atoms with van der Waals surface area (Å²) in [7, 11) is 0. The van der Waals surface area contributed by atoms with Crippen LogP contribution in [0.4, 0.5) is 5.69 Å². The number of benzene rings is 1. The summed E-state index contributed by atoms with van der Waals surface area (Å²) < 4.78 is 11.8. The molecule has 0 aromatic heterocycles. The van der Waals surface area contributed by atoms with Gasteiger partial charge in [0.05, 0.1) is 5.69 Å². The number of carbonyl (C=O) groups excluding carboxylic acids is 1. The van der Waals surface area contributed by atoms with E-state index in [9.17, 15) is 4.79 Å². The van der Waals surface area contributed by atoms with Gasteiger partial charge in [-0.2, -0.15) is 0 Å². The van der Waals surface area contributed by atoms with Gasteiger partial charge < -0.3 is 20.1 Å². The van der Waals surface area contributed by atoms with Crippen LogP contribution in [0.3, 0.4) is 0 Å². The number of rotatable bonds is 3. The SMILES string of the molecule is CC(C(=O)Nc1cc2c(cc1Br)OCCO2)C1CNC1. The minimum atomic E-state index is -0.00338. The molecular weight excluding hydrogens is 324 g/mol. The van der Waals surface area contributed by atoms with Gasteiger partial charge in [-0.3, -0.25) is 4.79 Å². The largest absolute Gasteiger partial charge is 0.486 e. The number of amides is 1. The van der Waals surface area contributed by atoms with Crippen LogP contribution in [0, 0.1) is 11.8 Å². The van der Waals surface area contributed by atoms with Crippen molar-refractivity contribution in [1.29, 1.82) is 0 Å². The molecule has 1 fully saturated rings. The topological polar surface area (TPSA) is 59.6 Å². The smallest absolute Gasteiger partial charge is 0.227 e. The van der Waals surface area contributed by atoms with E-state index in [1.807, 2.05) is 19.1 Å². The molecule has 2 heterocycles. The van der Waals surface area contributed by atoms with Crippen LogP contribution in [0.25, 0.3) is 0 Å². The number of halogens is 1. The maximum absolute atomic E-state index is 12.2. The molecule has 5 nitrogen and oxygen atoms in total. The summed E-state index contributed by atoms with van der Waals surface area (Å²) in [6.45, 7) is 4.88. The van der Waals surface area contributed by atoms with E-state index in [2.05, 4.69) is 26.6 Å². The van der Waals surface area contributed by atoms with Gasteiger partial charge in [0.2, 0.25) is 5.91 Å². The molecule has 1 amide bonds. The average molecular weight is 341 g/mol. The summed E-state index contributed by atoms with van der Waals surface area (Å²) in [6, 6.07) is 3.64. The first kappa shape index (κ1) is 13.7. The van der Waals surface area contributed by atoms with Gasteiger partial charge in [0.15, 0.2) is 11.5 Å². The lowest BCUT2D eigenvalue weighted by Crippen LogP contribution is -2.48. The second-order valence-corrected chi connectivity index (χ2v) is 6.03. The minimum absolute atomic E-state index is 0.00338. The highest BCUT2D eigenvalue weighted by molar-refractivity contribution is 9.10. The van der Waals surface area contributed by atoms with Crippen molar-refractivity contribution in [2.75, 3.05) is 31.6 Å². The molecule has 2 aliphatic heterocycles. The van der Waals surface area contributed by atoms with Gasteiger partial charge in [0.25, 0.3) is 0 Å². The van der Waals surface area contributed by atoms with Crippen molar-refractivity contribution in [2.45, 2.75) is 6.92 Å². The summed E-state index contributed by atoms with van der Waals surface area (Å²) >= 11 is 3.46. The highest BCUT2D eigenvalue weighted by Gasteiger charge is 2.29. The van der Waals surface area contributed by atoms with Crippen molar-refractivity contribution in [1.82, 2.24) is 5.32 Å². The first-order valence-electron chi connectivity index (χ1n) is 6.76. The molecule has 1 unspecified atom stereocenters. The summed E-state index contributed by atoms with van der Waals surface area (Å²) in [5.41, 5.74) is 0.721. The van der Waals surface area contributed by atoms with E-state index < -0.39 is 0 Å². The molecule has 3 rings (SSSR count). The molecule has 2 aliphatic rings. The first-order valence-corrected chi connectivity index (χ1v) is 7.55. The lowest BCUT2D eigenvalue weighted by Gasteiger charge is -2.31. The molecular formula is C14H17BrN2O3. The summed E-state index contributed by atoms with van der Waals surface area (Å²) in [5, 5.41) is 6.15. The van der Waals surface area contributed by atoms with Crippen molar-refractivity contribution in [2.24, 2.45) is 11.8 Å². The third-order valence-corrected chi connectivity index (χ3v) is 4.48. The number of fused-ring (bicyclic) bond motifs is 1. The Bertz CT molecular complexity index is 531. The van der Waals surface area contributed by atoms with E-state index in [0.29, 0.717) is 30.6 Å². The van der Waals surface area contributed by atoms with E-state index in [0.717, 1.165) is 23.2 Å². The Balaban J connectivity index is 1.74. The zero-order valence-corrected chi connectivity index (χ0v) is 12.8. The third-order valence-electron chi connectivity index (χ3n) is 3.82. The monoisotopic (exact) mass is 340 g/mol. The molecule has 1 atom stereocenters. The summed E-state index contributed by atoms with van der Waals surface area (Å²) in [4.78, 5) is 12.2. The molecule has 0 spiro atoms. The van der Waals surface area contributed by atoms with Gasteiger partial charge in [-0.1, -0.05) is 6.92 Å². The quantitative estimate of drug-likeness (QED) is 0.883. The highest BCUT2D eigenvalue weighted by atomic mass is 79.9. The van der Waals surface area contributed by atoms with Crippen LogP contribution >= 0.6 is 15.9 Å². The highest BCUT2D eigenvalue weighted by Crippen LogP contribution is 2.38. The third kappa shape index (κ3) is 2.62. The van der Waals surface area contributed by atoms with Gasteiger partial charge in [-0.25, -0.2) is 0 Å². The molecule has 108 valence electrons. The number of hydrogen-bond acceptors (Lipinski definition) is 4. The van der Waals surface area contributed by atoms with Crippen LogP contribution in [-0.4, -0.2) is 32.2 Å². The van der Waals surface area contributed by atoms with E-state index in [1.54, 1.807) is 0 Å². The van der Waals surface area contributed by atoms with Crippen molar-refractivity contribution >= 4 is 27.5 Å². The molecule has 0 aliphatic carbocycles. The molecule has 0 bridgehead atoms. The van der Waals surface area contributed by atoms with Crippen LogP contribution in [0.15, 0.2) is 16.6 Å². The molecule has 20 heavy (non-hydrogen) atoms. The fraction of sp³-hybridized carbons (Fsp3) is 0.500. The second-order valence-electron chi connectivity index (χ2n) is 5.17. The van der Waals surface area contributed by atoms with Gasteiger partial charge in [0, 0.05) is 22.5 Å². The predicted octanol–water partition coefficient (Wildman–Crippen LogP) is 2.01. The van der Waals surface area contributed by atoms with Crippen molar-refractivity contribution in [3.05, 3.63) is 16.6 Å². The van der Waals surface area contributed by atoms with Gasteiger partial charge in [0.1, 0.15) is 13.2 Å². The fourth-order valence-electron chi connectivity index (χ4n) is 2.28. The van der Waals surface area contributed by atoms with E-state index in [1.165, 1.54) is 0 Å². The van der Waals surface area contributed by atoms with E-state index in [-0.39, 0.29) is 11.8 Å². The van der Waals surface area contributed by atoms with Gasteiger partial charge in [-0.15, -0.1) is 0 Å². The van der Waals surface area contributed by atoms with Crippen molar-refractivity contribution < 1.29 is 14.3 Å². The van der Waals surface area contributed by atoms with Crippen molar-refractivity contribution in [3.8, 4) is 11.5 Å². The molecule has 1 saturated heterocycles. The fourth-order valence-corrected chi connectivity index (χ4v) is 2.71. The molecule has 1 aromatic rings. The molecule has 0 radical (unpaired) electrons. The minimum Gasteiger partial charge on any atom is -0.486 e. The van der Waals surface area contributed by atoms with Crippen molar-refractivity contribution in [3.63, 3.8) is 0 Å². The van der Waals surface area contributed by atoms with Gasteiger partial charge in [-0.05, 0) is 34.9 Å².